The van der Waals surface area contributed by atoms with Gasteiger partial charge in [0.2, 0.25) is 11.8 Å². The van der Waals surface area contributed by atoms with Gasteiger partial charge in [-0.2, -0.15) is 0 Å². The maximum Gasteiger partial charge on any atom is 0.238 e. The Hall–Kier alpha value is -1.85. The molecule has 120 valence electrons. The normalized spacial score (nSPS) is 40.4. The average Bonchev–Trinajstić information content (AvgIpc) is 3.29. The van der Waals surface area contributed by atoms with Gasteiger partial charge in [-0.1, -0.05) is 0 Å². The molecule has 23 heavy (non-hydrogen) atoms. The van der Waals surface area contributed by atoms with E-state index in [1.165, 1.54) is 0 Å². The zero-order chi connectivity index (χ0) is 16.0. The second kappa shape index (κ2) is 4.16. The molecular formula is C17H14F3NO2. The van der Waals surface area contributed by atoms with Crippen LogP contribution < -0.4 is 4.90 Å². The van der Waals surface area contributed by atoms with E-state index in [0.717, 1.165) is 24.2 Å². The first-order chi connectivity index (χ1) is 11.0. The third-order valence-corrected chi connectivity index (χ3v) is 6.38. The molecule has 5 aliphatic rings. The van der Waals surface area contributed by atoms with Crippen molar-refractivity contribution < 1.29 is 22.8 Å². The van der Waals surface area contributed by atoms with E-state index in [2.05, 4.69) is 0 Å². The molecule has 4 saturated carbocycles. The largest absolute Gasteiger partial charge is 0.274 e. The lowest BCUT2D eigenvalue weighted by Crippen LogP contribution is -2.43. The first kappa shape index (κ1) is 13.6. The van der Waals surface area contributed by atoms with Gasteiger partial charge in [0, 0.05) is 12.1 Å². The number of anilines is 1. The number of halogens is 3. The van der Waals surface area contributed by atoms with E-state index in [1.807, 2.05) is 0 Å². The standard InChI is InChI=1S/C17H14F3NO2/c18-10-4-12(20)13(5-11(10)19)21-16(22)14-6-1-2-7(9-3-8(6)9)15(14)17(21)23/h4-9,14-15H,1-3H2/t6-,7+,8+,9-,14-,15+. The van der Waals surface area contributed by atoms with Crippen molar-refractivity contribution in [1.82, 2.24) is 0 Å². The lowest BCUT2D eigenvalue weighted by Gasteiger charge is -2.42. The van der Waals surface area contributed by atoms with Crippen LogP contribution in [0.4, 0.5) is 18.9 Å². The lowest BCUT2D eigenvalue weighted by molar-refractivity contribution is -0.129. The summed E-state index contributed by atoms with van der Waals surface area (Å²) in [7, 11) is 0. The number of amides is 2. The summed E-state index contributed by atoms with van der Waals surface area (Å²) < 4.78 is 40.7. The summed E-state index contributed by atoms with van der Waals surface area (Å²) in [5.74, 6) is -3.96. The number of carbonyl (C=O) groups is 2. The highest BCUT2D eigenvalue weighted by molar-refractivity contribution is 6.22. The number of hydrogen-bond donors (Lipinski definition) is 0. The fourth-order valence-corrected chi connectivity index (χ4v) is 5.46. The Balaban J connectivity index is 1.60. The zero-order valence-corrected chi connectivity index (χ0v) is 12.1. The highest BCUT2D eigenvalue weighted by Gasteiger charge is 2.68. The number of nitrogens with zero attached hydrogens (tertiary/aromatic N) is 1. The van der Waals surface area contributed by atoms with Crippen LogP contribution in [0.2, 0.25) is 0 Å². The Kier molecular flexibility index (Phi) is 2.46. The molecule has 2 amide bonds. The minimum atomic E-state index is -1.33. The molecule has 0 spiro atoms. The number of carbonyl (C=O) groups excluding carboxylic acids is 2. The Bertz CT molecular complexity index is 730. The van der Waals surface area contributed by atoms with Crippen molar-refractivity contribution >= 4 is 17.5 Å². The lowest BCUT2D eigenvalue weighted by atomic mass is 9.59. The average molecular weight is 321 g/mol. The Morgan fingerprint density at radius 3 is 1.87 bits per heavy atom. The van der Waals surface area contributed by atoms with E-state index in [1.54, 1.807) is 0 Å². The van der Waals surface area contributed by atoms with Crippen molar-refractivity contribution in [3.05, 3.63) is 29.6 Å². The molecule has 2 bridgehead atoms. The molecule has 4 aliphatic carbocycles. The molecule has 0 radical (unpaired) electrons. The Labute approximate surface area is 130 Å². The highest BCUT2D eigenvalue weighted by Crippen LogP contribution is 2.68. The molecule has 0 N–H and O–H groups in total. The van der Waals surface area contributed by atoms with Crippen LogP contribution in [0.15, 0.2) is 12.1 Å². The minimum Gasteiger partial charge on any atom is -0.274 e. The van der Waals surface area contributed by atoms with Gasteiger partial charge in [-0.3, -0.25) is 9.59 Å². The molecule has 6 rings (SSSR count). The van der Waals surface area contributed by atoms with E-state index in [4.69, 9.17) is 0 Å². The molecule has 0 aromatic heterocycles. The van der Waals surface area contributed by atoms with Gasteiger partial charge in [0.1, 0.15) is 0 Å². The fourth-order valence-electron chi connectivity index (χ4n) is 5.46. The first-order valence-electron chi connectivity index (χ1n) is 8.01. The van der Waals surface area contributed by atoms with Gasteiger partial charge in [0.25, 0.3) is 0 Å². The van der Waals surface area contributed by atoms with Crippen LogP contribution in [0.25, 0.3) is 0 Å². The summed E-state index contributed by atoms with van der Waals surface area (Å²) in [6, 6.07) is 1.000. The van der Waals surface area contributed by atoms with Crippen molar-refractivity contribution in [2.24, 2.45) is 35.5 Å². The van der Waals surface area contributed by atoms with E-state index >= 15 is 0 Å². The van der Waals surface area contributed by atoms with Crippen LogP contribution in [0, 0.1) is 53.0 Å². The number of hydrogen-bond acceptors (Lipinski definition) is 2. The van der Waals surface area contributed by atoms with Crippen LogP contribution in [-0.4, -0.2) is 11.8 Å². The molecule has 1 heterocycles. The monoisotopic (exact) mass is 321 g/mol. The molecule has 5 fully saturated rings. The summed E-state index contributed by atoms with van der Waals surface area (Å²) in [4.78, 5) is 26.3. The van der Waals surface area contributed by atoms with Crippen LogP contribution >= 0.6 is 0 Å². The molecule has 6 atom stereocenters. The second-order valence-corrected chi connectivity index (χ2v) is 7.25. The van der Waals surface area contributed by atoms with E-state index < -0.39 is 46.8 Å². The highest BCUT2D eigenvalue weighted by atomic mass is 19.2. The fraction of sp³-hybridized carbons (Fsp3) is 0.529. The van der Waals surface area contributed by atoms with Crippen molar-refractivity contribution in [2.45, 2.75) is 19.3 Å². The first-order valence-corrected chi connectivity index (χ1v) is 8.01. The smallest absolute Gasteiger partial charge is 0.238 e. The summed E-state index contributed by atoms with van der Waals surface area (Å²) in [5, 5.41) is 0. The summed E-state index contributed by atoms with van der Waals surface area (Å²) in [5.41, 5.74) is -0.457. The number of fused-ring (bicyclic) bond motifs is 1. The van der Waals surface area contributed by atoms with Gasteiger partial charge >= 0.3 is 0 Å². The van der Waals surface area contributed by atoms with Gasteiger partial charge < -0.3 is 0 Å². The Morgan fingerprint density at radius 1 is 0.783 bits per heavy atom. The maximum absolute atomic E-state index is 14.0. The summed E-state index contributed by atoms with van der Waals surface area (Å²) >= 11 is 0. The van der Waals surface area contributed by atoms with Gasteiger partial charge in [0.15, 0.2) is 17.5 Å². The molecular weight excluding hydrogens is 307 g/mol. The molecule has 1 aliphatic heterocycles. The van der Waals surface area contributed by atoms with E-state index in [9.17, 15) is 22.8 Å². The number of imide groups is 1. The molecule has 1 aromatic rings. The van der Waals surface area contributed by atoms with Gasteiger partial charge in [0.05, 0.1) is 17.5 Å². The molecule has 1 saturated heterocycles. The van der Waals surface area contributed by atoms with Crippen LogP contribution in [-0.2, 0) is 9.59 Å². The zero-order valence-electron chi connectivity index (χ0n) is 12.1. The summed E-state index contributed by atoms with van der Waals surface area (Å²) in [6.45, 7) is 0. The van der Waals surface area contributed by atoms with Crippen molar-refractivity contribution in [2.75, 3.05) is 4.90 Å². The van der Waals surface area contributed by atoms with Gasteiger partial charge in [-0.15, -0.1) is 0 Å². The van der Waals surface area contributed by atoms with E-state index in [-0.39, 0.29) is 11.8 Å². The maximum atomic E-state index is 14.0. The van der Waals surface area contributed by atoms with Crippen molar-refractivity contribution in [1.29, 1.82) is 0 Å². The minimum absolute atomic E-state index is 0.185. The van der Waals surface area contributed by atoms with Crippen molar-refractivity contribution in [3.8, 4) is 0 Å². The SMILES string of the molecule is O=C1[C@@H]2[C@@H]3CC[C@@H]([C@H]4C[C@H]43)[C@@H]2C(=O)N1c1cc(F)c(F)cc1F. The van der Waals surface area contributed by atoms with Crippen molar-refractivity contribution in [3.63, 3.8) is 0 Å². The third kappa shape index (κ3) is 1.56. The third-order valence-electron chi connectivity index (χ3n) is 6.38. The van der Waals surface area contributed by atoms with Crippen LogP contribution in [0.3, 0.4) is 0 Å². The van der Waals surface area contributed by atoms with Gasteiger partial charge in [-0.25, -0.2) is 18.1 Å². The number of rotatable bonds is 1. The second-order valence-electron chi connectivity index (χ2n) is 7.25. The van der Waals surface area contributed by atoms with Crippen LogP contribution in [0.1, 0.15) is 19.3 Å². The topological polar surface area (TPSA) is 37.4 Å². The van der Waals surface area contributed by atoms with Gasteiger partial charge in [-0.05, 0) is 42.9 Å². The number of benzene rings is 1. The Morgan fingerprint density at radius 2 is 1.30 bits per heavy atom. The molecule has 0 unspecified atom stereocenters. The van der Waals surface area contributed by atoms with Crippen LogP contribution in [0.5, 0.6) is 0 Å². The quantitative estimate of drug-likeness (QED) is 0.589. The molecule has 1 aromatic carbocycles. The molecule has 6 heteroatoms. The predicted molar refractivity (Wildman–Crippen MR) is 73.6 cm³/mol. The summed E-state index contributed by atoms with van der Waals surface area (Å²) in [6.07, 6.45) is 2.95. The molecule has 3 nitrogen and oxygen atoms in total. The van der Waals surface area contributed by atoms with E-state index in [0.29, 0.717) is 24.0 Å². The predicted octanol–water partition coefficient (Wildman–Crippen LogP) is 2.89.